The number of carboxylic acids is 1. The number of halogens is 3. The summed E-state index contributed by atoms with van der Waals surface area (Å²) in [5, 5.41) is 7.12. The molecular weight excluding hydrogens is 633 g/mol. The molecule has 0 radical (unpaired) electrons. The van der Waals surface area contributed by atoms with Gasteiger partial charge in [0.15, 0.2) is 5.69 Å². The smallest absolute Gasteiger partial charge is 0.490 e. The third kappa shape index (κ3) is 8.98. The van der Waals surface area contributed by atoms with Crippen molar-refractivity contribution in [2.75, 3.05) is 40.3 Å². The molecule has 46 heavy (non-hydrogen) atoms. The largest absolute Gasteiger partial charge is 0.497 e. The minimum Gasteiger partial charge on any atom is -0.497 e. The zero-order valence-corrected chi connectivity index (χ0v) is 27.2. The van der Waals surface area contributed by atoms with Gasteiger partial charge in [-0.05, 0) is 89.2 Å². The molecule has 1 N–H and O–H groups in total. The van der Waals surface area contributed by atoms with Crippen LogP contribution >= 0.6 is 0 Å². The molecule has 12 nitrogen and oxygen atoms in total. The van der Waals surface area contributed by atoms with Crippen molar-refractivity contribution in [2.24, 2.45) is 0 Å². The van der Waals surface area contributed by atoms with Crippen LogP contribution in [0.5, 0.6) is 5.75 Å². The number of oxazole rings is 1. The maximum absolute atomic E-state index is 13.8. The second-order valence-electron chi connectivity index (χ2n) is 12.0. The molecule has 16 heteroatoms. The number of amides is 1. The molecule has 256 valence electrons. The number of nitrogens with zero attached hydrogens (tertiary/aromatic N) is 4. The van der Waals surface area contributed by atoms with Gasteiger partial charge in [0.2, 0.25) is 15.9 Å². The molecule has 1 unspecified atom stereocenters. The van der Waals surface area contributed by atoms with Gasteiger partial charge < -0.3 is 28.8 Å². The molecule has 1 aromatic carbocycles. The predicted octanol–water partition coefficient (Wildman–Crippen LogP) is 4.00. The van der Waals surface area contributed by atoms with Gasteiger partial charge >= 0.3 is 12.1 Å². The first-order chi connectivity index (χ1) is 21.6. The molecule has 3 aliphatic rings. The van der Waals surface area contributed by atoms with Crippen LogP contribution in [0.4, 0.5) is 13.2 Å². The maximum Gasteiger partial charge on any atom is 0.490 e. The van der Waals surface area contributed by atoms with Crippen LogP contribution < -0.4 is 4.74 Å². The van der Waals surface area contributed by atoms with Crippen molar-refractivity contribution in [1.82, 2.24) is 19.1 Å². The first kappa shape index (κ1) is 35.6. The number of piperidine rings is 2. The fourth-order valence-electron chi connectivity index (χ4n) is 5.80. The van der Waals surface area contributed by atoms with Crippen LogP contribution in [0.3, 0.4) is 0 Å². The lowest BCUT2D eigenvalue weighted by Gasteiger charge is -2.36. The van der Waals surface area contributed by atoms with Gasteiger partial charge in [-0.2, -0.15) is 17.5 Å². The molecule has 0 bridgehead atoms. The highest BCUT2D eigenvalue weighted by Gasteiger charge is 2.41. The Hall–Kier alpha value is -3.21. The van der Waals surface area contributed by atoms with E-state index in [1.165, 1.54) is 10.6 Å². The summed E-state index contributed by atoms with van der Waals surface area (Å²) in [5.74, 6) is -2.11. The molecule has 0 spiro atoms. The molecular formula is C30H41F3N4O8S. The Morgan fingerprint density at radius 3 is 2.20 bits per heavy atom. The summed E-state index contributed by atoms with van der Waals surface area (Å²) in [4.78, 5) is 30.9. The number of rotatable bonds is 9. The van der Waals surface area contributed by atoms with Crippen LogP contribution in [0, 0.1) is 13.8 Å². The molecule has 2 aliphatic heterocycles. The van der Waals surface area contributed by atoms with Gasteiger partial charge in [-0.15, -0.1) is 0 Å². The van der Waals surface area contributed by atoms with Crippen LogP contribution in [0.1, 0.15) is 66.0 Å². The summed E-state index contributed by atoms with van der Waals surface area (Å²) >= 11 is 0. The van der Waals surface area contributed by atoms with E-state index in [9.17, 15) is 26.4 Å². The summed E-state index contributed by atoms with van der Waals surface area (Å²) in [5.41, 5.74) is 1.47. The summed E-state index contributed by atoms with van der Waals surface area (Å²) in [6.45, 7) is 6.83. The lowest BCUT2D eigenvalue weighted by Crippen LogP contribution is -2.44. The average molecular weight is 675 g/mol. The van der Waals surface area contributed by atoms with Crippen molar-refractivity contribution in [3.05, 3.63) is 41.1 Å². The summed E-state index contributed by atoms with van der Waals surface area (Å²) < 4.78 is 78.0. The van der Waals surface area contributed by atoms with Gasteiger partial charge in [-0.25, -0.2) is 18.2 Å². The molecule has 3 fully saturated rings. The Morgan fingerprint density at radius 2 is 1.67 bits per heavy atom. The van der Waals surface area contributed by atoms with Gasteiger partial charge in [0, 0.05) is 25.7 Å². The van der Waals surface area contributed by atoms with E-state index in [1.54, 1.807) is 38.0 Å². The van der Waals surface area contributed by atoms with Crippen LogP contribution in [-0.2, 0) is 26.1 Å². The molecule has 1 aromatic heterocycles. The van der Waals surface area contributed by atoms with E-state index >= 15 is 0 Å². The highest BCUT2D eigenvalue weighted by molar-refractivity contribution is 7.89. The van der Waals surface area contributed by atoms with Gasteiger partial charge in [0.25, 0.3) is 5.91 Å². The Balaban J connectivity index is 0.000000617. The Kier molecular flexibility index (Phi) is 11.4. The van der Waals surface area contributed by atoms with E-state index in [0.29, 0.717) is 30.0 Å². The van der Waals surface area contributed by atoms with Crippen molar-refractivity contribution < 1.29 is 50.2 Å². The Morgan fingerprint density at radius 1 is 1.07 bits per heavy atom. The van der Waals surface area contributed by atoms with Crippen LogP contribution in [0.2, 0.25) is 0 Å². The SMILES string of the molecule is COc1cc(C)c(S(=O)(=O)N(Cc2nc(C(=O)N3CCC(OC4CCCN(C)C4)CC3)co2)C2CC2)c(C)c1.O=C(O)C(F)(F)F. The fraction of sp³-hybridized carbons (Fsp3) is 0.633. The van der Waals surface area contributed by atoms with Crippen molar-refractivity contribution in [1.29, 1.82) is 0 Å². The van der Waals surface area contributed by atoms with Crippen molar-refractivity contribution in [2.45, 2.75) is 88.2 Å². The highest BCUT2D eigenvalue weighted by Crippen LogP contribution is 2.36. The first-order valence-electron chi connectivity index (χ1n) is 15.1. The van der Waals surface area contributed by atoms with E-state index in [-0.39, 0.29) is 47.2 Å². The number of carboxylic acid groups (broad SMARTS) is 1. The molecule has 1 atom stereocenters. The number of carbonyl (C=O) groups excluding carboxylic acids is 1. The molecule has 3 heterocycles. The van der Waals surface area contributed by atoms with Crippen molar-refractivity contribution >= 4 is 21.9 Å². The van der Waals surface area contributed by atoms with E-state index in [4.69, 9.17) is 23.8 Å². The standard InChI is InChI=1S/C28H40N4O6S.C2HF3O2/c1-19-14-24(36-4)15-20(2)27(19)39(34,35)32(21-7-8-21)17-26-29-25(18-37-26)28(33)31-12-9-22(10-13-31)38-23-6-5-11-30(3)16-23;3-2(4,5)1(6)7/h14-15,18,21-23H,5-13,16-17H2,1-4H3;(H,6,7). The minimum absolute atomic E-state index is 0.0169. The van der Waals surface area contributed by atoms with Gasteiger partial charge in [-0.1, -0.05) is 0 Å². The third-order valence-corrected chi connectivity index (χ3v) is 10.4. The number of aromatic nitrogens is 1. The maximum atomic E-state index is 13.8. The van der Waals surface area contributed by atoms with Crippen LogP contribution in [-0.4, -0.2) is 109 Å². The normalized spacial score (nSPS) is 19.9. The van der Waals surface area contributed by atoms with Gasteiger partial charge in [-0.3, -0.25) is 4.79 Å². The van der Waals surface area contributed by atoms with E-state index < -0.39 is 22.2 Å². The number of benzene rings is 1. The monoisotopic (exact) mass is 674 g/mol. The second-order valence-corrected chi connectivity index (χ2v) is 13.8. The number of hydrogen-bond donors (Lipinski definition) is 1. The number of alkyl halides is 3. The molecule has 2 aromatic rings. The third-order valence-electron chi connectivity index (χ3n) is 8.19. The zero-order chi connectivity index (χ0) is 33.8. The van der Waals surface area contributed by atoms with Gasteiger partial charge in [0.05, 0.1) is 30.8 Å². The first-order valence-corrected chi connectivity index (χ1v) is 16.6. The molecule has 1 aliphatic carbocycles. The predicted molar refractivity (Wildman–Crippen MR) is 159 cm³/mol. The number of carbonyl (C=O) groups is 2. The number of aryl methyl sites for hydroxylation is 2. The summed E-state index contributed by atoms with van der Waals surface area (Å²) in [6, 6.07) is 3.36. The molecule has 5 rings (SSSR count). The highest BCUT2D eigenvalue weighted by atomic mass is 32.2. The number of sulfonamides is 1. The summed E-state index contributed by atoms with van der Waals surface area (Å²) in [7, 11) is -0.120. The quantitative estimate of drug-likeness (QED) is 0.415. The van der Waals surface area contributed by atoms with Crippen LogP contribution in [0.25, 0.3) is 0 Å². The number of aliphatic carboxylic acids is 1. The Bertz CT molecular complexity index is 1460. The lowest BCUT2D eigenvalue weighted by atomic mass is 10.0. The van der Waals surface area contributed by atoms with Crippen molar-refractivity contribution in [3.8, 4) is 5.75 Å². The number of ether oxygens (including phenoxy) is 2. The number of likely N-dealkylation sites (tertiary alicyclic amines) is 2. The average Bonchev–Trinajstić information content (AvgIpc) is 3.71. The molecule has 2 saturated heterocycles. The van der Waals surface area contributed by atoms with E-state index in [2.05, 4.69) is 16.9 Å². The summed E-state index contributed by atoms with van der Waals surface area (Å²) in [6.07, 6.45) is 2.12. The Labute approximate surface area is 266 Å². The van der Waals surface area contributed by atoms with Crippen LogP contribution in [0.15, 0.2) is 27.7 Å². The molecule has 1 saturated carbocycles. The lowest BCUT2D eigenvalue weighted by molar-refractivity contribution is -0.192. The number of likely N-dealkylation sites (N-methyl/N-ethyl adjacent to an activating group) is 1. The zero-order valence-electron chi connectivity index (χ0n) is 26.4. The van der Waals surface area contributed by atoms with Gasteiger partial charge in [0.1, 0.15) is 12.0 Å². The number of methoxy groups -OCH3 is 1. The second kappa shape index (κ2) is 14.7. The fourth-order valence-corrected chi connectivity index (χ4v) is 7.85. The molecule has 1 amide bonds. The topological polar surface area (TPSA) is 143 Å². The van der Waals surface area contributed by atoms with E-state index in [0.717, 1.165) is 51.6 Å². The minimum atomic E-state index is -5.08. The number of hydrogen-bond acceptors (Lipinski definition) is 9. The van der Waals surface area contributed by atoms with E-state index in [1.807, 2.05) is 0 Å². The van der Waals surface area contributed by atoms with Crippen molar-refractivity contribution in [3.63, 3.8) is 0 Å².